The van der Waals surface area contributed by atoms with Crippen molar-refractivity contribution in [1.82, 2.24) is 10.4 Å². The van der Waals surface area contributed by atoms with Crippen molar-refractivity contribution in [1.29, 1.82) is 0 Å². The Bertz CT molecular complexity index is 64.3. The molecule has 0 bridgehead atoms. The average Bonchev–Trinajstić information content (AvgIpc) is 1.98. The molecule has 0 aliphatic rings. The minimum Gasteiger partial charge on any atom is -0.227 e. The van der Waals surface area contributed by atoms with Gasteiger partial charge in [0.05, 0.1) is 0 Å². The summed E-state index contributed by atoms with van der Waals surface area (Å²) in [7, 11) is 0. The van der Waals surface area contributed by atoms with E-state index in [1.165, 1.54) is 6.42 Å². The smallest absolute Gasteiger partial charge is 0.0304 e. The molecule has 0 saturated heterocycles. The molecule has 0 amide bonds. The van der Waals surface area contributed by atoms with Crippen LogP contribution < -0.4 is 5.43 Å². The van der Waals surface area contributed by atoms with E-state index in [0.717, 1.165) is 26.1 Å². The highest BCUT2D eigenvalue weighted by molar-refractivity contribution is 4.45. The molecule has 0 fully saturated rings. The molecule has 0 aromatic heterocycles. The Morgan fingerprint density at radius 1 is 1.10 bits per heavy atom. The molecule has 0 atom stereocenters. The van der Waals surface area contributed by atoms with Crippen molar-refractivity contribution in [2.75, 3.05) is 19.6 Å². The summed E-state index contributed by atoms with van der Waals surface area (Å²) in [4.78, 5) is 0. The molecule has 10 heavy (non-hydrogen) atoms. The molecule has 0 heterocycles. The van der Waals surface area contributed by atoms with E-state index in [1.54, 1.807) is 0 Å². The molecule has 0 rings (SSSR count). The molecule has 0 saturated carbocycles. The van der Waals surface area contributed by atoms with Crippen molar-refractivity contribution in [3.05, 3.63) is 0 Å². The second-order valence-corrected chi connectivity index (χ2v) is 2.41. The zero-order valence-corrected chi connectivity index (χ0v) is 7.43. The van der Waals surface area contributed by atoms with Gasteiger partial charge in [0.2, 0.25) is 0 Å². The molecule has 0 aromatic carbocycles. The predicted octanol–water partition coefficient (Wildman–Crippen LogP) is 1.65. The van der Waals surface area contributed by atoms with Crippen LogP contribution in [0.2, 0.25) is 0 Å². The number of hydrogen-bond donors (Lipinski definition) is 0. The topological polar surface area (TPSA) is 17.3 Å². The second-order valence-electron chi connectivity index (χ2n) is 2.41. The standard InChI is InChI=1S/C8H19N2/c1-4-7-9-10(6-3)8-5-2/h4-8H2,1-3H3. The lowest BCUT2D eigenvalue weighted by Gasteiger charge is -2.17. The van der Waals surface area contributed by atoms with E-state index in [2.05, 4.69) is 31.2 Å². The van der Waals surface area contributed by atoms with Crippen LogP contribution in [0.15, 0.2) is 0 Å². The van der Waals surface area contributed by atoms with Gasteiger partial charge in [0, 0.05) is 19.6 Å². The lowest BCUT2D eigenvalue weighted by Crippen LogP contribution is -2.32. The highest BCUT2D eigenvalue weighted by Gasteiger charge is 1.97. The molecule has 0 aromatic rings. The first-order valence-corrected chi connectivity index (χ1v) is 4.27. The summed E-state index contributed by atoms with van der Waals surface area (Å²) in [5.74, 6) is 0. The van der Waals surface area contributed by atoms with Gasteiger partial charge >= 0.3 is 0 Å². The Kier molecular flexibility index (Phi) is 6.98. The summed E-state index contributed by atoms with van der Waals surface area (Å²) >= 11 is 0. The molecule has 0 unspecified atom stereocenters. The fraction of sp³-hybridized carbons (Fsp3) is 1.00. The monoisotopic (exact) mass is 143 g/mol. The van der Waals surface area contributed by atoms with E-state index in [0.29, 0.717) is 0 Å². The second kappa shape index (κ2) is 7.03. The molecule has 0 spiro atoms. The van der Waals surface area contributed by atoms with E-state index in [1.807, 2.05) is 0 Å². The quantitative estimate of drug-likeness (QED) is 0.517. The molecule has 1 radical (unpaired) electrons. The highest BCUT2D eigenvalue weighted by Crippen LogP contribution is 1.87. The zero-order chi connectivity index (χ0) is 7.82. The molecule has 0 aliphatic heterocycles. The summed E-state index contributed by atoms with van der Waals surface area (Å²) < 4.78 is 0. The van der Waals surface area contributed by atoms with Crippen molar-refractivity contribution < 1.29 is 0 Å². The minimum atomic E-state index is 0.980. The van der Waals surface area contributed by atoms with Crippen LogP contribution in [0.1, 0.15) is 33.6 Å². The van der Waals surface area contributed by atoms with Gasteiger partial charge in [-0.05, 0) is 12.8 Å². The van der Waals surface area contributed by atoms with Crippen molar-refractivity contribution >= 4 is 0 Å². The van der Waals surface area contributed by atoms with Crippen LogP contribution in [0, 0.1) is 0 Å². The van der Waals surface area contributed by atoms with Gasteiger partial charge in [-0.2, -0.15) is 5.43 Å². The van der Waals surface area contributed by atoms with Crippen LogP contribution in [0.25, 0.3) is 0 Å². The normalized spacial score (nSPS) is 10.8. The molecular weight excluding hydrogens is 124 g/mol. The van der Waals surface area contributed by atoms with E-state index < -0.39 is 0 Å². The van der Waals surface area contributed by atoms with Crippen molar-refractivity contribution in [3.8, 4) is 0 Å². The SMILES string of the molecule is CCC[N]N(CC)CCC. The van der Waals surface area contributed by atoms with Gasteiger partial charge < -0.3 is 0 Å². The third-order valence-corrected chi connectivity index (χ3v) is 1.37. The van der Waals surface area contributed by atoms with Gasteiger partial charge in [0.15, 0.2) is 0 Å². The van der Waals surface area contributed by atoms with Gasteiger partial charge in [-0.3, -0.25) is 0 Å². The van der Waals surface area contributed by atoms with Crippen molar-refractivity contribution in [2.24, 2.45) is 0 Å². The summed E-state index contributed by atoms with van der Waals surface area (Å²) in [6, 6.07) is 0. The highest BCUT2D eigenvalue weighted by atomic mass is 15.5. The Balaban J connectivity index is 3.21. The zero-order valence-electron chi connectivity index (χ0n) is 7.43. The summed E-state index contributed by atoms with van der Waals surface area (Å²) in [6.45, 7) is 9.63. The summed E-state index contributed by atoms with van der Waals surface area (Å²) in [6.07, 6.45) is 2.35. The Hall–Kier alpha value is -0.0800. The average molecular weight is 143 g/mol. The first-order valence-electron chi connectivity index (χ1n) is 4.27. The fourth-order valence-corrected chi connectivity index (χ4v) is 0.828. The van der Waals surface area contributed by atoms with Crippen molar-refractivity contribution in [3.63, 3.8) is 0 Å². The van der Waals surface area contributed by atoms with Crippen LogP contribution in [-0.2, 0) is 0 Å². The predicted molar refractivity (Wildman–Crippen MR) is 44.8 cm³/mol. The first kappa shape index (κ1) is 9.92. The Morgan fingerprint density at radius 3 is 2.20 bits per heavy atom. The van der Waals surface area contributed by atoms with E-state index >= 15 is 0 Å². The Morgan fingerprint density at radius 2 is 1.80 bits per heavy atom. The third kappa shape index (κ3) is 4.77. The molecule has 0 N–H and O–H groups in total. The van der Waals surface area contributed by atoms with Gasteiger partial charge in [0.1, 0.15) is 0 Å². The van der Waals surface area contributed by atoms with Gasteiger partial charge in [-0.1, -0.05) is 20.8 Å². The van der Waals surface area contributed by atoms with Crippen LogP contribution in [0.5, 0.6) is 0 Å². The molecule has 0 aliphatic carbocycles. The number of hydrogen-bond acceptors (Lipinski definition) is 1. The van der Waals surface area contributed by atoms with Gasteiger partial charge in [0.25, 0.3) is 0 Å². The van der Waals surface area contributed by atoms with Crippen LogP contribution in [0.4, 0.5) is 0 Å². The number of rotatable bonds is 6. The summed E-state index contributed by atoms with van der Waals surface area (Å²) in [5, 5.41) is 2.14. The molecule has 61 valence electrons. The lowest BCUT2D eigenvalue weighted by atomic mass is 10.4. The van der Waals surface area contributed by atoms with Crippen LogP contribution in [-0.4, -0.2) is 24.6 Å². The van der Waals surface area contributed by atoms with Gasteiger partial charge in [-0.15, -0.1) is 0 Å². The molecule has 2 heteroatoms. The van der Waals surface area contributed by atoms with E-state index in [-0.39, 0.29) is 0 Å². The maximum absolute atomic E-state index is 4.38. The van der Waals surface area contributed by atoms with E-state index in [4.69, 9.17) is 0 Å². The largest absolute Gasteiger partial charge is 0.227 e. The fourth-order valence-electron chi connectivity index (χ4n) is 0.828. The van der Waals surface area contributed by atoms with E-state index in [9.17, 15) is 0 Å². The van der Waals surface area contributed by atoms with Crippen LogP contribution in [0.3, 0.4) is 0 Å². The summed E-state index contributed by atoms with van der Waals surface area (Å²) in [5.41, 5.74) is 4.38. The maximum Gasteiger partial charge on any atom is 0.0304 e. The van der Waals surface area contributed by atoms with Crippen molar-refractivity contribution in [2.45, 2.75) is 33.6 Å². The van der Waals surface area contributed by atoms with Crippen LogP contribution >= 0.6 is 0 Å². The molecule has 2 nitrogen and oxygen atoms in total. The third-order valence-electron chi connectivity index (χ3n) is 1.37. The Labute approximate surface area is 64.6 Å². The maximum atomic E-state index is 4.38. The first-order chi connectivity index (χ1) is 4.85. The molecular formula is C8H19N2. The van der Waals surface area contributed by atoms with Gasteiger partial charge in [-0.25, -0.2) is 5.01 Å². The lowest BCUT2D eigenvalue weighted by molar-refractivity contribution is 0.190. The number of nitrogens with zero attached hydrogens (tertiary/aromatic N) is 2. The minimum absolute atomic E-state index is 0.980.